The van der Waals surface area contributed by atoms with Crippen molar-refractivity contribution in [3.63, 3.8) is 0 Å². The molecule has 0 radical (unpaired) electrons. The van der Waals surface area contributed by atoms with E-state index in [0.717, 1.165) is 30.2 Å². The molecular formula is C25H20FNO4S2. The van der Waals surface area contributed by atoms with E-state index >= 15 is 0 Å². The summed E-state index contributed by atoms with van der Waals surface area (Å²) in [5, 5.41) is 0. The molecule has 0 spiro atoms. The molecule has 5 nitrogen and oxygen atoms in total. The van der Waals surface area contributed by atoms with Gasteiger partial charge in [-0.15, -0.1) is 0 Å². The maximum Gasteiger partial charge on any atom is 0.338 e. The van der Waals surface area contributed by atoms with Crippen molar-refractivity contribution in [3.8, 4) is 11.3 Å². The van der Waals surface area contributed by atoms with E-state index in [9.17, 15) is 14.0 Å². The van der Waals surface area contributed by atoms with Gasteiger partial charge in [-0.3, -0.25) is 9.69 Å². The van der Waals surface area contributed by atoms with Crippen molar-refractivity contribution in [1.29, 1.82) is 0 Å². The molecule has 1 saturated heterocycles. The summed E-state index contributed by atoms with van der Waals surface area (Å²) in [6, 6.07) is 16.1. The lowest BCUT2D eigenvalue weighted by Crippen LogP contribution is -2.27. The molecule has 4 rings (SSSR count). The number of hydrogen-bond donors (Lipinski definition) is 0. The monoisotopic (exact) mass is 481 g/mol. The Labute approximate surface area is 200 Å². The molecule has 0 aliphatic carbocycles. The summed E-state index contributed by atoms with van der Waals surface area (Å²) >= 11 is 6.50. The minimum absolute atomic E-state index is 0.291. The first-order valence-corrected chi connectivity index (χ1v) is 11.6. The van der Waals surface area contributed by atoms with Gasteiger partial charge in [0, 0.05) is 11.6 Å². The molecule has 1 aliphatic rings. The van der Waals surface area contributed by atoms with Gasteiger partial charge in [0.15, 0.2) is 4.32 Å². The highest BCUT2D eigenvalue weighted by Crippen LogP contribution is 2.36. The third kappa shape index (κ3) is 5.23. The van der Waals surface area contributed by atoms with Crippen LogP contribution in [0.4, 0.5) is 10.1 Å². The van der Waals surface area contributed by atoms with Gasteiger partial charge >= 0.3 is 5.97 Å². The van der Waals surface area contributed by atoms with Crippen molar-refractivity contribution < 1.29 is 23.1 Å². The van der Waals surface area contributed by atoms with Crippen LogP contribution in [0.1, 0.15) is 35.9 Å². The van der Waals surface area contributed by atoms with Gasteiger partial charge in [0.05, 0.1) is 22.8 Å². The van der Waals surface area contributed by atoms with Crippen molar-refractivity contribution in [2.75, 3.05) is 11.5 Å². The molecule has 0 unspecified atom stereocenters. The average molecular weight is 482 g/mol. The standard InChI is InChI=1S/C25H20FNO4S2/c1-2-3-14-30-24(29)17-6-4-16(5-7-17)21-13-12-20(31-21)15-22-23(28)27(25(32)33-22)19-10-8-18(26)9-11-19/h4-13,15H,2-3,14H2,1H3/b22-15+. The fourth-order valence-corrected chi connectivity index (χ4v) is 4.44. The molecule has 0 atom stereocenters. The number of esters is 1. The number of furan rings is 1. The third-order valence-electron chi connectivity index (χ3n) is 4.91. The first-order valence-electron chi connectivity index (χ1n) is 10.4. The summed E-state index contributed by atoms with van der Waals surface area (Å²) in [4.78, 5) is 26.7. The topological polar surface area (TPSA) is 59.8 Å². The van der Waals surface area contributed by atoms with E-state index in [1.165, 1.54) is 29.2 Å². The quantitative estimate of drug-likeness (QED) is 0.167. The molecule has 1 fully saturated rings. The number of rotatable bonds is 7. The Morgan fingerprint density at radius 1 is 1.12 bits per heavy atom. The van der Waals surface area contributed by atoms with Gasteiger partial charge in [0.1, 0.15) is 17.3 Å². The first kappa shape index (κ1) is 22.9. The lowest BCUT2D eigenvalue weighted by molar-refractivity contribution is -0.113. The summed E-state index contributed by atoms with van der Waals surface area (Å²) in [6.45, 7) is 2.44. The zero-order chi connectivity index (χ0) is 23.4. The fourth-order valence-electron chi connectivity index (χ4n) is 3.16. The molecule has 33 heavy (non-hydrogen) atoms. The summed E-state index contributed by atoms with van der Waals surface area (Å²) in [5.41, 5.74) is 1.78. The number of thioether (sulfide) groups is 1. The van der Waals surface area contributed by atoms with E-state index in [1.54, 1.807) is 42.5 Å². The average Bonchev–Trinajstić information content (AvgIpc) is 3.39. The highest BCUT2D eigenvalue weighted by molar-refractivity contribution is 8.27. The Balaban J connectivity index is 1.47. The van der Waals surface area contributed by atoms with Crippen molar-refractivity contribution >= 4 is 51.9 Å². The Morgan fingerprint density at radius 2 is 1.85 bits per heavy atom. The molecule has 2 aromatic carbocycles. The van der Waals surface area contributed by atoms with E-state index in [1.807, 2.05) is 6.92 Å². The maximum atomic E-state index is 13.2. The van der Waals surface area contributed by atoms with Gasteiger partial charge in [-0.05, 0) is 55.0 Å². The number of carbonyl (C=O) groups is 2. The molecule has 8 heteroatoms. The molecule has 1 aromatic heterocycles. The van der Waals surface area contributed by atoms with Crippen molar-refractivity contribution in [2.24, 2.45) is 0 Å². The van der Waals surface area contributed by atoms with Crippen LogP contribution in [0.25, 0.3) is 17.4 Å². The molecule has 1 aliphatic heterocycles. The lowest BCUT2D eigenvalue weighted by Gasteiger charge is -2.14. The second-order valence-corrected chi connectivity index (χ2v) is 8.94. The molecule has 0 N–H and O–H groups in total. The summed E-state index contributed by atoms with van der Waals surface area (Å²) in [7, 11) is 0. The number of unbranched alkanes of at least 4 members (excludes halogenated alkanes) is 1. The van der Waals surface area contributed by atoms with Gasteiger partial charge in [0.25, 0.3) is 5.91 Å². The van der Waals surface area contributed by atoms with Crippen molar-refractivity contribution in [2.45, 2.75) is 19.8 Å². The SMILES string of the molecule is CCCCOC(=O)c1ccc(-c2ccc(/C=C3/SC(=S)N(c4ccc(F)cc4)C3=O)o2)cc1. The summed E-state index contributed by atoms with van der Waals surface area (Å²) in [5.74, 6) is 0.0666. The third-order valence-corrected chi connectivity index (χ3v) is 6.22. The smallest absolute Gasteiger partial charge is 0.338 e. The van der Waals surface area contributed by atoms with Crippen LogP contribution in [-0.4, -0.2) is 22.8 Å². The fraction of sp³-hybridized carbons (Fsp3) is 0.160. The number of amides is 1. The number of carbonyl (C=O) groups excluding carboxylic acids is 2. The van der Waals surface area contributed by atoms with Gasteiger partial charge in [-0.25, -0.2) is 9.18 Å². The highest BCUT2D eigenvalue weighted by atomic mass is 32.2. The molecule has 0 saturated carbocycles. The number of ether oxygens (including phenoxy) is 1. The van der Waals surface area contributed by atoms with Crippen LogP contribution in [0.15, 0.2) is 70.0 Å². The summed E-state index contributed by atoms with van der Waals surface area (Å²) < 4.78 is 24.7. The number of thiocarbonyl (C=S) groups is 1. The zero-order valence-corrected chi connectivity index (χ0v) is 19.4. The Hall–Kier alpha value is -3.23. The van der Waals surface area contributed by atoms with Gasteiger partial charge in [-0.1, -0.05) is 49.5 Å². The molecular weight excluding hydrogens is 461 g/mol. The van der Waals surface area contributed by atoms with Crippen LogP contribution in [0.5, 0.6) is 0 Å². The highest BCUT2D eigenvalue weighted by Gasteiger charge is 2.33. The Kier molecular flexibility index (Phi) is 7.05. The molecule has 1 amide bonds. The van der Waals surface area contributed by atoms with Gasteiger partial charge < -0.3 is 9.15 Å². The largest absolute Gasteiger partial charge is 0.462 e. The van der Waals surface area contributed by atoms with E-state index in [-0.39, 0.29) is 17.7 Å². The normalized spacial score (nSPS) is 14.8. The maximum absolute atomic E-state index is 13.2. The molecule has 2 heterocycles. The lowest BCUT2D eigenvalue weighted by atomic mass is 10.1. The van der Waals surface area contributed by atoms with Crippen LogP contribution < -0.4 is 4.90 Å². The first-order chi connectivity index (χ1) is 16.0. The summed E-state index contributed by atoms with van der Waals surface area (Å²) in [6.07, 6.45) is 3.43. The van der Waals surface area contributed by atoms with Gasteiger partial charge in [0.2, 0.25) is 0 Å². The zero-order valence-electron chi connectivity index (χ0n) is 17.7. The number of benzene rings is 2. The second-order valence-electron chi connectivity index (χ2n) is 7.26. The van der Waals surface area contributed by atoms with Crippen LogP contribution in [0.3, 0.4) is 0 Å². The van der Waals surface area contributed by atoms with Gasteiger partial charge in [-0.2, -0.15) is 0 Å². The van der Waals surface area contributed by atoms with E-state index in [2.05, 4.69) is 0 Å². The molecule has 0 bridgehead atoms. The van der Waals surface area contributed by atoms with E-state index in [4.69, 9.17) is 21.4 Å². The van der Waals surface area contributed by atoms with Crippen molar-refractivity contribution in [3.05, 3.63) is 82.7 Å². The Bertz CT molecular complexity index is 1220. The molecule has 168 valence electrons. The van der Waals surface area contributed by atoms with Crippen LogP contribution in [-0.2, 0) is 9.53 Å². The van der Waals surface area contributed by atoms with Crippen LogP contribution in [0.2, 0.25) is 0 Å². The number of hydrogen-bond acceptors (Lipinski definition) is 6. The predicted molar refractivity (Wildman–Crippen MR) is 131 cm³/mol. The van der Waals surface area contributed by atoms with E-state index < -0.39 is 0 Å². The number of anilines is 1. The number of nitrogens with zero attached hydrogens (tertiary/aromatic N) is 1. The van der Waals surface area contributed by atoms with Crippen LogP contribution in [0, 0.1) is 5.82 Å². The minimum Gasteiger partial charge on any atom is -0.462 e. The predicted octanol–water partition coefficient (Wildman–Crippen LogP) is 6.45. The van der Waals surface area contributed by atoms with E-state index in [0.29, 0.717) is 38.6 Å². The van der Waals surface area contributed by atoms with Crippen LogP contribution >= 0.6 is 24.0 Å². The second kappa shape index (κ2) is 10.1. The minimum atomic E-state index is -0.385. The van der Waals surface area contributed by atoms with Crippen molar-refractivity contribution in [1.82, 2.24) is 0 Å². The number of halogens is 1. The Morgan fingerprint density at radius 3 is 2.55 bits per heavy atom. The molecule has 3 aromatic rings.